The first-order valence-corrected chi connectivity index (χ1v) is 5.78. The van der Waals surface area contributed by atoms with Gasteiger partial charge < -0.3 is 9.47 Å². The van der Waals surface area contributed by atoms with Gasteiger partial charge in [-0.3, -0.25) is 0 Å². The van der Waals surface area contributed by atoms with E-state index in [0.717, 1.165) is 33.2 Å². The van der Waals surface area contributed by atoms with Gasteiger partial charge in [-0.25, -0.2) is 0 Å². The summed E-state index contributed by atoms with van der Waals surface area (Å²) >= 11 is 6.31. The third-order valence-corrected chi connectivity index (χ3v) is 3.38. The van der Waals surface area contributed by atoms with Crippen LogP contribution in [-0.2, 0) is 0 Å². The fourth-order valence-electron chi connectivity index (χ4n) is 1.93. The molecule has 0 saturated carbocycles. The van der Waals surface area contributed by atoms with Gasteiger partial charge in [0.15, 0.2) is 11.5 Å². The predicted octanol–water partition coefficient (Wildman–Crippen LogP) is 4.04. The molecule has 2 nitrogen and oxygen atoms in total. The quantitative estimate of drug-likeness (QED) is 0.756. The molecule has 0 saturated heterocycles. The maximum absolute atomic E-state index is 6.31. The molecule has 0 bridgehead atoms. The molecule has 17 heavy (non-hydrogen) atoms. The Morgan fingerprint density at radius 2 is 1.88 bits per heavy atom. The molecule has 2 aromatic rings. The van der Waals surface area contributed by atoms with Crippen molar-refractivity contribution < 1.29 is 9.47 Å². The molecular formula is C14H11ClO2. The topological polar surface area (TPSA) is 18.5 Å². The van der Waals surface area contributed by atoms with Crippen LogP contribution in [0.25, 0.3) is 11.1 Å². The Hall–Kier alpha value is -1.67. The van der Waals surface area contributed by atoms with Gasteiger partial charge in [0.1, 0.15) is 0 Å². The van der Waals surface area contributed by atoms with E-state index < -0.39 is 0 Å². The average molecular weight is 247 g/mol. The van der Waals surface area contributed by atoms with E-state index in [9.17, 15) is 0 Å². The van der Waals surface area contributed by atoms with Crippen LogP contribution in [0, 0.1) is 6.92 Å². The second-order valence-electron chi connectivity index (χ2n) is 4.00. The summed E-state index contributed by atoms with van der Waals surface area (Å²) in [6.45, 7) is 2.29. The zero-order valence-corrected chi connectivity index (χ0v) is 10.1. The maximum Gasteiger partial charge on any atom is 0.231 e. The normalized spacial score (nSPS) is 12.8. The minimum absolute atomic E-state index is 0.292. The van der Waals surface area contributed by atoms with Crippen molar-refractivity contribution in [2.45, 2.75) is 6.92 Å². The molecule has 0 aliphatic carbocycles. The minimum atomic E-state index is 0.292. The highest BCUT2D eigenvalue weighted by atomic mass is 35.5. The van der Waals surface area contributed by atoms with Gasteiger partial charge >= 0.3 is 0 Å². The highest BCUT2D eigenvalue weighted by Crippen LogP contribution is 2.38. The Morgan fingerprint density at radius 3 is 2.76 bits per heavy atom. The number of rotatable bonds is 1. The number of benzene rings is 2. The van der Waals surface area contributed by atoms with Crippen LogP contribution in [0.1, 0.15) is 5.56 Å². The van der Waals surface area contributed by atoms with Crippen LogP contribution in [-0.4, -0.2) is 6.79 Å². The van der Waals surface area contributed by atoms with Crippen molar-refractivity contribution in [2.24, 2.45) is 0 Å². The summed E-state index contributed by atoms with van der Waals surface area (Å²) in [7, 11) is 0. The molecule has 0 N–H and O–H groups in total. The van der Waals surface area contributed by atoms with Crippen molar-refractivity contribution >= 4 is 11.6 Å². The molecule has 0 amide bonds. The molecule has 0 spiro atoms. The Morgan fingerprint density at radius 1 is 1.06 bits per heavy atom. The van der Waals surface area contributed by atoms with Gasteiger partial charge in [0.2, 0.25) is 6.79 Å². The fraction of sp³-hybridized carbons (Fsp3) is 0.143. The molecule has 1 heterocycles. The van der Waals surface area contributed by atoms with Gasteiger partial charge in [-0.15, -0.1) is 0 Å². The number of fused-ring (bicyclic) bond motifs is 1. The summed E-state index contributed by atoms with van der Waals surface area (Å²) in [5.41, 5.74) is 3.13. The summed E-state index contributed by atoms with van der Waals surface area (Å²) < 4.78 is 10.7. The zero-order chi connectivity index (χ0) is 11.8. The van der Waals surface area contributed by atoms with Gasteiger partial charge in [-0.2, -0.15) is 0 Å². The minimum Gasteiger partial charge on any atom is -0.454 e. The van der Waals surface area contributed by atoms with E-state index in [4.69, 9.17) is 21.1 Å². The molecule has 1 aliphatic rings. The lowest BCUT2D eigenvalue weighted by molar-refractivity contribution is 0.174. The second-order valence-corrected chi connectivity index (χ2v) is 4.38. The molecular weight excluding hydrogens is 236 g/mol. The smallest absolute Gasteiger partial charge is 0.231 e. The molecule has 0 unspecified atom stereocenters. The van der Waals surface area contributed by atoms with Gasteiger partial charge in [-0.05, 0) is 30.2 Å². The number of aryl methyl sites for hydroxylation is 1. The monoisotopic (exact) mass is 246 g/mol. The summed E-state index contributed by atoms with van der Waals surface area (Å²) in [6, 6.07) is 11.9. The first kappa shape index (κ1) is 10.5. The first-order valence-electron chi connectivity index (χ1n) is 5.41. The number of hydrogen-bond donors (Lipinski definition) is 0. The van der Waals surface area contributed by atoms with Gasteiger partial charge in [0.05, 0.1) is 5.02 Å². The highest BCUT2D eigenvalue weighted by Gasteiger charge is 2.15. The van der Waals surface area contributed by atoms with Crippen molar-refractivity contribution in [1.82, 2.24) is 0 Å². The lowest BCUT2D eigenvalue weighted by Crippen LogP contribution is -1.92. The first-order chi connectivity index (χ1) is 8.25. The molecule has 2 aromatic carbocycles. The van der Waals surface area contributed by atoms with Crippen LogP contribution in [0.15, 0.2) is 36.4 Å². The van der Waals surface area contributed by atoms with E-state index >= 15 is 0 Å². The Labute approximate surface area is 105 Å². The molecule has 3 heteroatoms. The second kappa shape index (κ2) is 3.97. The molecule has 86 valence electrons. The largest absolute Gasteiger partial charge is 0.454 e. The molecule has 3 rings (SSSR count). The van der Waals surface area contributed by atoms with E-state index in [-0.39, 0.29) is 0 Å². The summed E-state index contributed by atoms with van der Waals surface area (Å²) in [6.07, 6.45) is 0. The lowest BCUT2D eigenvalue weighted by atomic mass is 10.0. The Kier molecular flexibility index (Phi) is 2.45. The van der Waals surface area contributed by atoms with Gasteiger partial charge in [0, 0.05) is 5.56 Å². The summed E-state index contributed by atoms with van der Waals surface area (Å²) in [5, 5.41) is 0.784. The van der Waals surface area contributed by atoms with E-state index in [1.165, 1.54) is 0 Å². The Balaban J connectivity index is 2.13. The molecule has 0 aromatic heterocycles. The van der Waals surface area contributed by atoms with Crippen molar-refractivity contribution in [3.05, 3.63) is 47.0 Å². The number of ether oxygens (including phenoxy) is 2. The number of hydrogen-bond acceptors (Lipinski definition) is 2. The molecule has 1 aliphatic heterocycles. The van der Waals surface area contributed by atoms with Crippen molar-refractivity contribution in [2.75, 3.05) is 6.79 Å². The fourth-order valence-corrected chi connectivity index (χ4v) is 2.17. The standard InChI is InChI=1S/C14H11ClO2/c1-9-3-2-4-11(14(9)15)10-5-6-12-13(7-10)17-8-16-12/h2-7H,8H2,1H3. The van der Waals surface area contributed by atoms with E-state index in [2.05, 4.69) is 0 Å². The third-order valence-electron chi connectivity index (χ3n) is 2.88. The van der Waals surface area contributed by atoms with E-state index in [1.54, 1.807) is 0 Å². The number of halogens is 1. The van der Waals surface area contributed by atoms with Crippen LogP contribution in [0.5, 0.6) is 11.5 Å². The molecule has 0 atom stereocenters. The maximum atomic E-state index is 6.31. The zero-order valence-electron chi connectivity index (χ0n) is 9.37. The third kappa shape index (κ3) is 1.75. The molecule has 0 radical (unpaired) electrons. The summed E-state index contributed by atoms with van der Waals surface area (Å²) in [4.78, 5) is 0. The molecule has 0 fully saturated rings. The predicted molar refractivity (Wildman–Crippen MR) is 67.7 cm³/mol. The van der Waals surface area contributed by atoms with Crippen molar-refractivity contribution in [1.29, 1.82) is 0 Å². The van der Waals surface area contributed by atoms with Crippen molar-refractivity contribution in [3.63, 3.8) is 0 Å². The van der Waals surface area contributed by atoms with Gasteiger partial charge in [0.25, 0.3) is 0 Å². The van der Waals surface area contributed by atoms with Gasteiger partial charge in [-0.1, -0.05) is 35.9 Å². The highest BCUT2D eigenvalue weighted by molar-refractivity contribution is 6.34. The van der Waals surface area contributed by atoms with Crippen LogP contribution >= 0.6 is 11.6 Å². The SMILES string of the molecule is Cc1cccc(-c2ccc3c(c2)OCO3)c1Cl. The van der Waals surface area contributed by atoms with E-state index in [0.29, 0.717) is 6.79 Å². The van der Waals surface area contributed by atoms with Crippen LogP contribution in [0.2, 0.25) is 5.02 Å². The Bertz CT molecular complexity index is 578. The van der Waals surface area contributed by atoms with Crippen LogP contribution in [0.3, 0.4) is 0 Å². The lowest BCUT2D eigenvalue weighted by Gasteiger charge is -2.07. The van der Waals surface area contributed by atoms with E-state index in [1.807, 2.05) is 43.3 Å². The average Bonchev–Trinajstić information content (AvgIpc) is 2.79. The van der Waals surface area contributed by atoms with Crippen LogP contribution in [0.4, 0.5) is 0 Å². The van der Waals surface area contributed by atoms with Crippen molar-refractivity contribution in [3.8, 4) is 22.6 Å². The van der Waals surface area contributed by atoms with Crippen LogP contribution < -0.4 is 9.47 Å². The summed E-state index contributed by atoms with van der Waals surface area (Å²) in [5.74, 6) is 1.57.